The van der Waals surface area contributed by atoms with Crippen molar-refractivity contribution in [1.82, 2.24) is 122 Å². The minimum atomic E-state index is -3.36. The molecule has 0 aliphatic heterocycles. The predicted octanol–water partition coefficient (Wildman–Crippen LogP) is 5.80. The van der Waals surface area contributed by atoms with Crippen molar-refractivity contribution in [3.8, 4) is 0 Å². The zero-order valence-corrected chi connectivity index (χ0v) is 56.0. The summed E-state index contributed by atoms with van der Waals surface area (Å²) in [5.41, 5.74) is 17.2. The molecule has 0 unspecified atom stereocenters. The molecule has 11 N–H and O–H groups in total. The van der Waals surface area contributed by atoms with Gasteiger partial charge in [0.2, 0.25) is 10.0 Å². The molecule has 0 bridgehead atoms. The third-order valence-electron chi connectivity index (χ3n) is 14.2. The Morgan fingerprint density at radius 1 is 0.452 bits per heavy atom. The number of hydrazine groups is 4. The molecule has 37 heteroatoms. The smallest absolute Gasteiger partial charge is 0.225 e. The first-order chi connectivity index (χ1) is 44.3. The number of nitrogens with one attached hydrogen (secondary N) is 3. The lowest BCUT2D eigenvalue weighted by molar-refractivity contribution is 0.593. The van der Waals surface area contributed by atoms with Gasteiger partial charge in [0.15, 0.2) is 90.9 Å². The third kappa shape index (κ3) is 16.0. The minimum absolute atomic E-state index is 0.209. The van der Waals surface area contributed by atoms with Gasteiger partial charge in [0.1, 0.15) is 49.0 Å². The fourth-order valence-electron chi connectivity index (χ4n) is 9.11. The van der Waals surface area contributed by atoms with E-state index in [2.05, 4.69) is 175 Å². The van der Waals surface area contributed by atoms with Crippen LogP contribution in [0.4, 0.5) is 34.9 Å². The highest BCUT2D eigenvalue weighted by Crippen LogP contribution is 2.32. The van der Waals surface area contributed by atoms with E-state index in [0.29, 0.717) is 82.7 Å². The summed E-state index contributed by atoms with van der Waals surface area (Å²) in [6, 6.07) is 2.29. The van der Waals surface area contributed by atoms with Crippen LogP contribution in [0.5, 0.6) is 0 Å². The summed E-state index contributed by atoms with van der Waals surface area (Å²) in [7, 11) is 0.205. The predicted molar refractivity (Wildman–Crippen MR) is 359 cm³/mol. The molecule has 0 amide bonds. The van der Waals surface area contributed by atoms with Gasteiger partial charge in [-0.2, -0.15) is 0 Å². The molecule has 93 heavy (non-hydrogen) atoms. The fourth-order valence-corrected chi connectivity index (χ4v) is 9.39. The maximum Gasteiger partial charge on any atom is 0.225 e. The van der Waals surface area contributed by atoms with Crippen LogP contribution < -0.4 is 53.9 Å². The van der Waals surface area contributed by atoms with E-state index in [1.807, 2.05) is 55.2 Å². The van der Waals surface area contributed by atoms with E-state index >= 15 is 0 Å². The van der Waals surface area contributed by atoms with Crippen LogP contribution >= 0.6 is 0 Å². The van der Waals surface area contributed by atoms with Gasteiger partial charge in [-0.3, -0.25) is 20.5 Å². The molecule has 1 saturated carbocycles. The minimum Gasteiger partial charge on any atom is -0.382 e. The highest BCUT2D eigenvalue weighted by molar-refractivity contribution is 7.88. The van der Waals surface area contributed by atoms with E-state index in [4.69, 9.17) is 23.3 Å². The molecule has 0 atom stereocenters. The van der Waals surface area contributed by atoms with Gasteiger partial charge in [0, 0.05) is 62.9 Å². The number of hydrogen-bond donors (Lipinski definition) is 7. The molecule has 12 aromatic heterocycles. The maximum absolute atomic E-state index is 11.0. The van der Waals surface area contributed by atoms with Gasteiger partial charge in [-0.05, 0) is 103 Å². The number of fused-ring (bicyclic) bond motifs is 6. The summed E-state index contributed by atoms with van der Waals surface area (Å²) >= 11 is 0. The molecule has 13 rings (SSSR count). The van der Waals surface area contributed by atoms with Crippen molar-refractivity contribution < 1.29 is 8.42 Å². The summed E-state index contributed by atoms with van der Waals surface area (Å²) in [5.74, 6) is 21.1. The molecule has 12 aromatic rings. The molecule has 1 aliphatic carbocycles. The quantitative estimate of drug-likeness (QED) is 0.0471. The number of nitrogens with zero attached hydrogens (tertiary/aromatic N) is 27. The summed E-state index contributed by atoms with van der Waals surface area (Å²) < 4.78 is 33.9. The lowest BCUT2D eigenvalue weighted by atomic mass is 10.4. The SMILES string of the molecule is CC(C)n1cnc2c(N(C)N)ncnc21.CC(C)n1cnc2c(N(N)C3CC3)ncnc21.CC(C)n1cnc2c(N)ncnc21.CC(C)n1cnc2c(NNS(C)(=O)=O)ncnc21.CCN(N)c1ncnc2c1ncn2C(C)C.CNc1ncnc2c1ncn2C(C)C. The fraction of sp³-hybridized carbons (Fsp3) is 0.464. The number of hydrogen-bond acceptors (Lipinski definition) is 29. The van der Waals surface area contributed by atoms with Gasteiger partial charge in [-0.15, -0.1) is 4.83 Å². The van der Waals surface area contributed by atoms with E-state index in [9.17, 15) is 8.42 Å². The largest absolute Gasteiger partial charge is 0.382 e. The van der Waals surface area contributed by atoms with Crippen LogP contribution in [0, 0.1) is 0 Å². The van der Waals surface area contributed by atoms with E-state index < -0.39 is 10.0 Å². The molecular weight excluding hydrogens is 1210 g/mol. The van der Waals surface area contributed by atoms with Crippen molar-refractivity contribution in [2.75, 3.05) is 58.4 Å². The Hall–Kier alpha value is -10.1. The first kappa shape index (κ1) is 68.8. The van der Waals surface area contributed by atoms with Gasteiger partial charge < -0.3 is 38.5 Å². The number of anilines is 6. The summed E-state index contributed by atoms with van der Waals surface area (Å²) in [6.45, 7) is 27.5. The number of nitrogens with two attached hydrogens (primary N) is 4. The van der Waals surface area contributed by atoms with Crippen LogP contribution in [0.1, 0.15) is 139 Å². The zero-order valence-electron chi connectivity index (χ0n) is 55.2. The van der Waals surface area contributed by atoms with Gasteiger partial charge >= 0.3 is 0 Å². The Balaban J connectivity index is 0.000000144. The molecular formula is C56H84N34O2S. The molecule has 496 valence electrons. The highest BCUT2D eigenvalue weighted by Gasteiger charge is 2.30. The second-order valence-corrected chi connectivity index (χ2v) is 24.8. The Morgan fingerprint density at radius 2 is 0.763 bits per heavy atom. The summed E-state index contributed by atoms with van der Waals surface area (Å²) in [6.07, 6.45) is 22.8. The van der Waals surface area contributed by atoms with Crippen LogP contribution in [0.3, 0.4) is 0 Å². The monoisotopic (exact) mass is 1300 g/mol. The number of imidazole rings is 6. The molecule has 1 fully saturated rings. The van der Waals surface area contributed by atoms with E-state index in [1.165, 1.54) is 30.3 Å². The Labute approximate surface area is 537 Å². The topological polar surface area (TPSA) is 446 Å². The first-order valence-corrected chi connectivity index (χ1v) is 31.9. The van der Waals surface area contributed by atoms with Crippen LogP contribution in [-0.4, -0.2) is 158 Å². The first-order valence-electron chi connectivity index (χ1n) is 30.0. The lowest BCUT2D eigenvalue weighted by Crippen LogP contribution is -2.34. The normalized spacial score (nSPS) is 12.3. The van der Waals surface area contributed by atoms with Crippen molar-refractivity contribution in [2.24, 2.45) is 17.5 Å². The highest BCUT2D eigenvalue weighted by atomic mass is 32.2. The number of rotatable bonds is 15. The standard InChI is InChI=1S/C11H16N6.C10H16N6.C9H14N6O2S.C9H14N6.C9H13N5.C8H11N5/c1-7(2)16-6-15-9-10(16)13-5-14-11(9)17(12)8-3-4-8;1-4-16(11)10-8-9(12-5-13-10)15(6-14-8)7(2)3;1-6(2)15-5-12-7-8(10-4-11-9(7)15)13-14-18(3,16)17;1-6(2)15-5-13-7-8(14(3)10)11-4-12-9(7)15;1-6(2)14-5-13-7-8(10-3)11-4-12-9(7)14;1-5(2)13-4-12-6-7(9)10-3-11-8(6)13/h5-8H,3-4,12H2,1-2H3;5-7H,4,11H2,1-3H3;4-6,14H,1-3H3,(H,10,11,13);4-6H,10H2,1-3H3;4-6H,1-3H3,(H,10,11,12);3-5H,1-2H3,(H2,9,10,11). The van der Waals surface area contributed by atoms with Gasteiger partial charge in [-0.1, -0.05) is 0 Å². The molecule has 0 radical (unpaired) electrons. The van der Waals surface area contributed by atoms with Gasteiger partial charge in [0.05, 0.1) is 44.2 Å². The third-order valence-corrected chi connectivity index (χ3v) is 14.7. The van der Waals surface area contributed by atoms with Gasteiger partial charge in [0.25, 0.3) is 0 Å². The summed E-state index contributed by atoms with van der Waals surface area (Å²) in [5, 5.41) is 7.74. The molecule has 1 aliphatic rings. The van der Waals surface area contributed by atoms with Crippen molar-refractivity contribution in [3.05, 3.63) is 75.9 Å². The Morgan fingerprint density at radius 3 is 1.14 bits per heavy atom. The van der Waals surface area contributed by atoms with Crippen LogP contribution in [0.25, 0.3) is 67.0 Å². The van der Waals surface area contributed by atoms with Crippen molar-refractivity contribution in [2.45, 2.75) is 145 Å². The number of sulfonamides is 1. The summed E-state index contributed by atoms with van der Waals surface area (Å²) in [4.78, 5) is 77.4. The molecule has 12 heterocycles. The Bertz CT molecular complexity index is 4520. The second kappa shape index (κ2) is 29.9. The maximum atomic E-state index is 11.0. The average molecular weight is 1300 g/mol. The van der Waals surface area contributed by atoms with Crippen LogP contribution in [0.2, 0.25) is 0 Å². The van der Waals surface area contributed by atoms with Crippen LogP contribution in [0.15, 0.2) is 75.9 Å². The van der Waals surface area contributed by atoms with Gasteiger partial charge in [-0.25, -0.2) is 116 Å². The zero-order chi connectivity index (χ0) is 67.6. The van der Waals surface area contributed by atoms with E-state index in [0.717, 1.165) is 81.0 Å². The van der Waals surface area contributed by atoms with Crippen molar-refractivity contribution in [1.29, 1.82) is 0 Å². The molecule has 0 aromatic carbocycles. The second-order valence-electron chi connectivity index (χ2n) is 23.1. The molecule has 36 nitrogen and oxygen atoms in total. The van der Waals surface area contributed by atoms with E-state index in [1.54, 1.807) is 67.7 Å². The Kier molecular flexibility index (Phi) is 22.1. The van der Waals surface area contributed by atoms with Crippen molar-refractivity contribution >= 4 is 112 Å². The lowest BCUT2D eigenvalue weighted by Gasteiger charge is -2.16. The molecule has 0 spiro atoms. The number of nitrogen functional groups attached to an aromatic ring is 1. The van der Waals surface area contributed by atoms with Crippen LogP contribution in [-0.2, 0) is 10.0 Å². The molecule has 0 saturated heterocycles. The number of aromatic nitrogens is 24. The van der Waals surface area contributed by atoms with E-state index in [-0.39, 0.29) is 6.04 Å². The van der Waals surface area contributed by atoms with Crippen molar-refractivity contribution in [3.63, 3.8) is 0 Å². The average Bonchev–Trinajstić information content (AvgIpc) is 1.72.